The van der Waals surface area contributed by atoms with Gasteiger partial charge in [0.05, 0.1) is 18.6 Å². The molecule has 292 valence electrons. The fourth-order valence-corrected chi connectivity index (χ4v) is 6.11. The molecule has 53 heavy (non-hydrogen) atoms. The number of carbonyl (C=O) groups is 5. The van der Waals surface area contributed by atoms with Gasteiger partial charge in [0.1, 0.15) is 5.75 Å². The van der Waals surface area contributed by atoms with E-state index in [1.54, 1.807) is 30.7 Å². The minimum Gasteiger partial charge on any atom is -0.494 e. The number of nitrogens with two attached hydrogens (primary N) is 2. The van der Waals surface area contributed by atoms with Gasteiger partial charge < -0.3 is 26.8 Å². The van der Waals surface area contributed by atoms with E-state index in [0.29, 0.717) is 64.0 Å². The number of nitrogens with one attached hydrogen (secondary N) is 3. The molecule has 1 aromatic carbocycles. The normalized spacial score (nSPS) is 17.9. The van der Waals surface area contributed by atoms with E-state index in [0.717, 1.165) is 23.2 Å². The molecule has 0 unspecified atom stereocenters. The molecule has 14 nitrogen and oxygen atoms in total. The van der Waals surface area contributed by atoms with Crippen molar-refractivity contribution < 1.29 is 33.9 Å². The number of rotatable bonds is 15. The van der Waals surface area contributed by atoms with Gasteiger partial charge in [0.2, 0.25) is 17.7 Å². The third kappa shape index (κ3) is 16.1. The molecule has 14 heteroatoms. The molecule has 4 atom stereocenters. The highest BCUT2D eigenvalue weighted by molar-refractivity contribution is 5.96. The molecule has 0 spiro atoms. The van der Waals surface area contributed by atoms with E-state index in [2.05, 4.69) is 20.6 Å². The Morgan fingerprint density at radius 3 is 2.40 bits per heavy atom. The summed E-state index contributed by atoms with van der Waals surface area (Å²) < 4.78 is 5.82. The summed E-state index contributed by atoms with van der Waals surface area (Å²) in [5.74, 6) is -3.00. The van der Waals surface area contributed by atoms with Crippen LogP contribution in [0.25, 0.3) is 0 Å². The number of guanidine groups is 1. The summed E-state index contributed by atoms with van der Waals surface area (Å²) in [4.78, 5) is 72.3. The van der Waals surface area contributed by atoms with Crippen LogP contribution in [0.1, 0.15) is 101 Å². The topological polar surface area (TPSA) is 228 Å². The minimum atomic E-state index is -0.931. The Hall–Kier alpha value is -4.85. The number of aliphatic imine (C=N–C) groups is 1. The van der Waals surface area contributed by atoms with Crippen LogP contribution in [-0.4, -0.2) is 71.2 Å². The van der Waals surface area contributed by atoms with Crippen LogP contribution in [0.5, 0.6) is 5.75 Å². The molecule has 2 aromatic rings. The lowest BCUT2D eigenvalue weighted by Crippen LogP contribution is -2.49. The number of ether oxygens (including phenoxy) is 1. The standard InChI is InChI=1S/C29H46N6O6.C10H13NO/c1-4-32-26(37)20(7-5-13-33-29(30)31)17-25(36)24-16-19-9-11-21(12-10-19)41-14-6-8-22(28(39)35-40)23(15-18(2)3)27(38)34-24;1-3-4-10(12)9-6-5-8(2)11-7-9/h9-12,18,20,22-24,40H,4-8,13-17H2,1-3H3,(H,32,37)(H,34,38)(H,35,39)(H4,30,31,33);5-7H,3-4H2,1-2H3/t20-,22+,23-,24+;/m1./s1. The van der Waals surface area contributed by atoms with Crippen molar-refractivity contribution in [3.05, 3.63) is 59.4 Å². The first kappa shape index (κ1) is 44.3. The number of carbonyl (C=O) groups excluding carboxylic acids is 5. The summed E-state index contributed by atoms with van der Waals surface area (Å²) >= 11 is 0. The average Bonchev–Trinajstić information content (AvgIpc) is 3.12. The molecule has 3 heterocycles. The molecular weight excluding hydrogens is 678 g/mol. The van der Waals surface area contributed by atoms with Gasteiger partial charge >= 0.3 is 0 Å². The maximum atomic E-state index is 13.7. The van der Waals surface area contributed by atoms with E-state index in [4.69, 9.17) is 16.2 Å². The van der Waals surface area contributed by atoms with Gasteiger partial charge in [-0.25, -0.2) is 5.48 Å². The zero-order valence-corrected chi connectivity index (χ0v) is 31.9. The number of pyridine rings is 1. The fourth-order valence-electron chi connectivity index (χ4n) is 6.11. The Morgan fingerprint density at radius 2 is 1.81 bits per heavy atom. The van der Waals surface area contributed by atoms with Crippen LogP contribution in [0.4, 0.5) is 0 Å². The van der Waals surface area contributed by atoms with Crippen LogP contribution in [0.3, 0.4) is 0 Å². The lowest BCUT2D eigenvalue weighted by atomic mass is 9.81. The third-order valence-electron chi connectivity index (χ3n) is 8.88. The fraction of sp³-hybridized carbons (Fsp3) is 0.564. The van der Waals surface area contributed by atoms with Crippen LogP contribution in [0.15, 0.2) is 47.6 Å². The molecular formula is C39H59N7O7. The van der Waals surface area contributed by atoms with Crippen molar-refractivity contribution >= 4 is 35.2 Å². The molecule has 3 amide bonds. The number of ketones is 2. The molecule has 0 radical (unpaired) electrons. The number of Topliss-reactive ketones (excluding diaryl/α,β-unsaturated/α-hetero) is 2. The predicted molar refractivity (Wildman–Crippen MR) is 203 cm³/mol. The molecule has 2 aliphatic heterocycles. The zero-order valence-electron chi connectivity index (χ0n) is 31.9. The van der Waals surface area contributed by atoms with Crippen molar-refractivity contribution in [2.75, 3.05) is 19.7 Å². The van der Waals surface area contributed by atoms with E-state index in [9.17, 15) is 29.2 Å². The number of hydroxylamine groups is 1. The van der Waals surface area contributed by atoms with Crippen LogP contribution in [-0.2, 0) is 25.6 Å². The summed E-state index contributed by atoms with van der Waals surface area (Å²) in [5.41, 5.74) is 15.0. The summed E-state index contributed by atoms with van der Waals surface area (Å²) in [6.45, 7) is 10.7. The Balaban J connectivity index is 0.000000683. The molecule has 0 aliphatic carbocycles. The van der Waals surface area contributed by atoms with Gasteiger partial charge in [-0.15, -0.1) is 0 Å². The molecule has 1 aromatic heterocycles. The first-order chi connectivity index (χ1) is 25.3. The van der Waals surface area contributed by atoms with Gasteiger partial charge in [0.15, 0.2) is 17.5 Å². The Bertz CT molecular complexity index is 1490. The second-order valence-corrected chi connectivity index (χ2v) is 13.8. The van der Waals surface area contributed by atoms with Crippen LogP contribution >= 0.6 is 0 Å². The molecule has 0 fully saturated rings. The van der Waals surface area contributed by atoms with E-state index < -0.39 is 35.6 Å². The number of aromatic nitrogens is 1. The number of benzene rings is 1. The van der Waals surface area contributed by atoms with Crippen LogP contribution in [0.2, 0.25) is 0 Å². The Labute approximate surface area is 313 Å². The van der Waals surface area contributed by atoms with Crippen molar-refractivity contribution in [2.45, 2.75) is 98.4 Å². The van der Waals surface area contributed by atoms with Gasteiger partial charge in [-0.2, -0.15) is 0 Å². The van der Waals surface area contributed by atoms with Crippen LogP contribution < -0.4 is 32.3 Å². The van der Waals surface area contributed by atoms with Crippen molar-refractivity contribution in [3.63, 3.8) is 0 Å². The summed E-state index contributed by atoms with van der Waals surface area (Å²) in [6, 6.07) is 10.0. The SMILES string of the molecule is CCCC(=O)c1ccc(C)nc1.CCNC(=O)[C@H](CCCN=C(N)N)CC(=O)[C@@H]1Cc2ccc(cc2)OCCC[C@H](C(=O)NO)[C@@H](CC(C)C)C(=O)N1. The second kappa shape index (κ2) is 23.7. The van der Waals surface area contributed by atoms with Gasteiger partial charge in [-0.3, -0.25) is 39.2 Å². The molecule has 8 N–H and O–H groups in total. The van der Waals surface area contributed by atoms with Crippen molar-refractivity contribution in [1.29, 1.82) is 0 Å². The highest BCUT2D eigenvalue weighted by Crippen LogP contribution is 2.27. The monoisotopic (exact) mass is 737 g/mol. The number of fused-ring (bicyclic) bond motifs is 11. The molecule has 2 bridgehead atoms. The van der Waals surface area contributed by atoms with Crippen molar-refractivity contribution in [1.82, 2.24) is 21.1 Å². The number of aryl methyl sites for hydroxylation is 1. The summed E-state index contributed by atoms with van der Waals surface area (Å²) in [7, 11) is 0. The Morgan fingerprint density at radius 1 is 1.09 bits per heavy atom. The molecule has 0 saturated heterocycles. The Kier molecular flexibility index (Phi) is 19.8. The smallest absolute Gasteiger partial charge is 0.247 e. The number of hydrogen-bond acceptors (Lipinski definition) is 9. The minimum absolute atomic E-state index is 0.0429. The number of nitrogens with zero attached hydrogens (tertiary/aromatic N) is 2. The van der Waals surface area contributed by atoms with Gasteiger partial charge in [-0.1, -0.05) is 32.9 Å². The molecule has 0 saturated carbocycles. The van der Waals surface area contributed by atoms with Gasteiger partial charge in [0, 0.05) is 55.2 Å². The predicted octanol–water partition coefficient (Wildman–Crippen LogP) is 3.81. The largest absolute Gasteiger partial charge is 0.494 e. The number of hydrogen-bond donors (Lipinski definition) is 6. The second-order valence-electron chi connectivity index (χ2n) is 13.8. The van der Waals surface area contributed by atoms with E-state index in [1.165, 1.54) is 0 Å². The highest BCUT2D eigenvalue weighted by atomic mass is 16.5. The van der Waals surface area contributed by atoms with Gasteiger partial charge in [0.25, 0.3) is 0 Å². The summed E-state index contributed by atoms with van der Waals surface area (Å²) in [5, 5.41) is 15.1. The highest BCUT2D eigenvalue weighted by Gasteiger charge is 2.36. The maximum absolute atomic E-state index is 13.7. The average molecular weight is 738 g/mol. The molecule has 4 rings (SSSR count). The van der Waals surface area contributed by atoms with E-state index in [1.807, 2.05) is 52.0 Å². The molecule has 2 aliphatic rings. The quantitative estimate of drug-likeness (QED) is 0.0387. The lowest BCUT2D eigenvalue weighted by Gasteiger charge is -2.29. The lowest BCUT2D eigenvalue weighted by molar-refractivity contribution is -0.142. The van der Waals surface area contributed by atoms with E-state index in [-0.39, 0.29) is 42.2 Å². The van der Waals surface area contributed by atoms with Crippen molar-refractivity contribution in [2.24, 2.45) is 40.1 Å². The number of amides is 3. The van der Waals surface area contributed by atoms with Gasteiger partial charge in [-0.05, 0) is 94.5 Å². The zero-order chi connectivity index (χ0) is 39.3. The third-order valence-corrected chi connectivity index (χ3v) is 8.88. The maximum Gasteiger partial charge on any atom is 0.247 e. The first-order valence-electron chi connectivity index (χ1n) is 18.6. The van der Waals surface area contributed by atoms with Crippen LogP contribution in [0, 0.1) is 30.6 Å². The summed E-state index contributed by atoms with van der Waals surface area (Å²) in [6.07, 6.45) is 5.33. The first-order valence-corrected chi connectivity index (χ1v) is 18.6. The van der Waals surface area contributed by atoms with Crippen molar-refractivity contribution in [3.8, 4) is 5.75 Å². The van der Waals surface area contributed by atoms with E-state index >= 15 is 0 Å².